The fraction of sp³-hybridized carbons (Fsp3) is 0.742. The molecule has 0 aromatic carbocycles. The highest BCUT2D eigenvalue weighted by Crippen LogP contribution is 2.39. The minimum absolute atomic E-state index is 0.0244. The van der Waals surface area contributed by atoms with Crippen molar-refractivity contribution in [2.24, 2.45) is 17.8 Å². The highest BCUT2D eigenvalue weighted by Gasteiger charge is 2.55. The van der Waals surface area contributed by atoms with E-state index >= 15 is 0 Å². The molecule has 6 aliphatic rings. The van der Waals surface area contributed by atoms with Crippen LogP contribution in [0.1, 0.15) is 98.3 Å². The van der Waals surface area contributed by atoms with Crippen molar-refractivity contribution in [3.63, 3.8) is 0 Å². The Morgan fingerprint density at radius 2 is 1.28 bits per heavy atom. The van der Waals surface area contributed by atoms with Gasteiger partial charge in [0.25, 0.3) is 0 Å². The second-order valence-electron chi connectivity index (χ2n) is 26.2. The number of cyclic esters (lactones) is 1. The molecule has 30 heteroatoms. The summed E-state index contributed by atoms with van der Waals surface area (Å²) in [6.45, 7) is 5.20. The Morgan fingerprint density at radius 1 is 0.646 bits per heavy atom. The normalized spacial score (nSPS) is 45.2. The van der Waals surface area contributed by atoms with Gasteiger partial charge in [-0.1, -0.05) is 98.9 Å². The van der Waals surface area contributed by atoms with Gasteiger partial charge >= 0.3 is 5.97 Å². The molecular formula is C66H105N3O27. The van der Waals surface area contributed by atoms with Gasteiger partial charge in [0.15, 0.2) is 18.4 Å². The number of allylic oxidation sites excluding steroid dienone is 12. The molecule has 28 atom stereocenters. The van der Waals surface area contributed by atoms with Crippen LogP contribution >= 0.6 is 0 Å². The van der Waals surface area contributed by atoms with Gasteiger partial charge in [-0.2, -0.15) is 0 Å². The van der Waals surface area contributed by atoms with Crippen LogP contribution < -0.4 is 10.6 Å². The Kier molecular flexibility index (Phi) is 32.3. The Hall–Kier alpha value is -4.37. The van der Waals surface area contributed by atoms with Crippen molar-refractivity contribution in [1.82, 2.24) is 15.5 Å². The maximum Gasteiger partial charge on any atom is 0.308 e. The monoisotopic (exact) mass is 1370 g/mol. The van der Waals surface area contributed by atoms with Crippen molar-refractivity contribution >= 4 is 17.8 Å². The summed E-state index contributed by atoms with van der Waals surface area (Å²) in [4.78, 5) is 41.2. The van der Waals surface area contributed by atoms with Gasteiger partial charge in [0.1, 0.15) is 54.9 Å². The Morgan fingerprint density at radius 3 is 1.92 bits per heavy atom. The molecule has 6 rings (SSSR count). The average Bonchev–Trinajstić information content (AvgIpc) is 0.821. The van der Waals surface area contributed by atoms with Crippen LogP contribution in [0, 0.1) is 17.8 Å². The minimum Gasteiger partial charge on any atom is -0.462 e. The summed E-state index contributed by atoms with van der Waals surface area (Å²) < 4.78 is 40.8. The molecule has 19 N–H and O–H groups in total. The van der Waals surface area contributed by atoms with E-state index in [0.29, 0.717) is 32.4 Å². The number of carbonyl (C=O) groups excluding carboxylic acids is 3. The van der Waals surface area contributed by atoms with Crippen molar-refractivity contribution in [2.45, 2.75) is 251 Å². The molecule has 6 aliphatic heterocycles. The van der Waals surface area contributed by atoms with Crippen molar-refractivity contribution in [1.29, 1.82) is 0 Å². The van der Waals surface area contributed by atoms with Crippen LogP contribution in [0.5, 0.6) is 0 Å². The summed E-state index contributed by atoms with van der Waals surface area (Å²) >= 11 is 0. The smallest absolute Gasteiger partial charge is 0.308 e. The van der Waals surface area contributed by atoms with E-state index in [0.717, 1.165) is 0 Å². The zero-order valence-electron chi connectivity index (χ0n) is 54.7. The Labute approximate surface area is 558 Å². The van der Waals surface area contributed by atoms with E-state index in [4.69, 9.17) is 33.2 Å². The fourth-order valence-corrected chi connectivity index (χ4v) is 12.5. The number of hydrogen-bond acceptors (Lipinski definition) is 28. The third-order valence-electron chi connectivity index (χ3n) is 18.4. The van der Waals surface area contributed by atoms with Gasteiger partial charge in [0.05, 0.1) is 105 Å². The van der Waals surface area contributed by atoms with Crippen molar-refractivity contribution < 1.29 is 134 Å². The lowest BCUT2D eigenvalue weighted by Gasteiger charge is -2.48. The molecule has 6 heterocycles. The molecule has 5 fully saturated rings. The summed E-state index contributed by atoms with van der Waals surface area (Å²) in [6, 6.07) is -1.49. The van der Waals surface area contributed by atoms with E-state index in [9.17, 15) is 101 Å². The highest BCUT2D eigenvalue weighted by atomic mass is 16.7. The first kappa shape index (κ1) is 80.6. The van der Waals surface area contributed by atoms with E-state index in [1.54, 1.807) is 91.7 Å². The molecule has 96 heavy (non-hydrogen) atoms. The summed E-state index contributed by atoms with van der Waals surface area (Å²) in [5, 5.41) is 194. The first-order chi connectivity index (χ1) is 45.5. The van der Waals surface area contributed by atoms with Crippen LogP contribution in [0.3, 0.4) is 0 Å². The number of aliphatic hydroxyl groups excluding tert-OH is 15. The second-order valence-corrected chi connectivity index (χ2v) is 26.2. The van der Waals surface area contributed by atoms with E-state index in [1.807, 2.05) is 6.92 Å². The summed E-state index contributed by atoms with van der Waals surface area (Å²) in [6.07, 6.45) is -12.7. The zero-order valence-corrected chi connectivity index (χ0v) is 54.7. The minimum atomic E-state index is -2.69. The topological polar surface area (TPSA) is 487 Å². The van der Waals surface area contributed by atoms with Crippen molar-refractivity contribution in [3.05, 3.63) is 85.1 Å². The zero-order chi connectivity index (χ0) is 70.6. The molecule has 2 amide bonds. The maximum atomic E-state index is 14.3. The van der Waals surface area contributed by atoms with E-state index in [2.05, 4.69) is 10.6 Å². The molecular weight excluding hydrogens is 1270 g/mol. The molecule has 0 aliphatic carbocycles. The third kappa shape index (κ3) is 23.4. The standard InChI is InChI=1S/C66H105N3O27/c1-36-19-15-13-11-9-7-5-6-8-10-12-14-16-20-43(93-63-57(83)53(55(81)39(4)92-63)68-35-66(89)61(86)60(47(77)34-90-66)95-64-59(85)58(84)56(82)49(33-70)94-64)30-48-52(62(87)67-24-18-26-69-25-17-21-50(69)78)46(76)32-65(88,96-48)31-42(73)28-45(75)44(74)23-22-40(71)27-41(72)29-51(79)91-38(3)37(2)54(36)80/h5-16,19-20,36-49,52-61,63-64,68,70-77,80-86,88-89H,17-18,21-35H2,1-4H3,(H,67,87)/b6-5+,9-7+,10-8+,13-11+,14-12+,19-15+,20-16+/t36-,37?,38-,39+,40+,41+,42-,43-,44+,45+,46-,47+,48?,49+,52?,53-,54+,55+,56+,57-,58-,59+,60+,61-,63-,64?,65+,66+/m0/s1. The summed E-state index contributed by atoms with van der Waals surface area (Å²) in [5.74, 6) is -8.95. The molecule has 0 aromatic heterocycles. The molecule has 0 radical (unpaired) electrons. The van der Waals surface area contributed by atoms with E-state index in [-0.39, 0.29) is 37.6 Å². The van der Waals surface area contributed by atoms with Crippen molar-refractivity contribution in [3.8, 4) is 0 Å². The number of esters is 1. The number of aliphatic hydroxyl groups is 17. The predicted molar refractivity (Wildman–Crippen MR) is 338 cm³/mol. The number of amides is 2. The lowest BCUT2D eigenvalue weighted by molar-refractivity contribution is -0.368. The molecule has 4 unspecified atom stereocenters. The Bertz CT molecular complexity index is 2610. The molecule has 5 saturated heterocycles. The predicted octanol–water partition coefficient (Wildman–Crippen LogP) is -3.99. The van der Waals surface area contributed by atoms with E-state index in [1.165, 1.54) is 19.1 Å². The first-order valence-electron chi connectivity index (χ1n) is 33.1. The number of ether oxygens (including phenoxy) is 7. The summed E-state index contributed by atoms with van der Waals surface area (Å²) in [7, 11) is 0. The van der Waals surface area contributed by atoms with Gasteiger partial charge < -0.3 is 136 Å². The lowest BCUT2D eigenvalue weighted by atomic mass is 9.82. The van der Waals surface area contributed by atoms with Crippen LogP contribution in [0.4, 0.5) is 0 Å². The fourth-order valence-electron chi connectivity index (χ4n) is 12.5. The number of carbonyl (C=O) groups is 3. The molecule has 0 saturated carbocycles. The van der Waals surface area contributed by atoms with Crippen LogP contribution in [0.15, 0.2) is 85.1 Å². The Balaban J connectivity index is 1.26. The molecule has 0 spiro atoms. The van der Waals surface area contributed by atoms with Crippen LogP contribution in [-0.2, 0) is 47.5 Å². The number of likely N-dealkylation sites (tertiary alicyclic amines) is 1. The number of hydrogen-bond donors (Lipinski definition) is 19. The molecule has 2 bridgehead atoms. The van der Waals surface area contributed by atoms with Crippen molar-refractivity contribution in [2.75, 3.05) is 39.4 Å². The lowest BCUT2D eigenvalue weighted by Crippen LogP contribution is -2.70. The number of rotatable bonds is 13. The molecule has 30 nitrogen and oxygen atoms in total. The van der Waals surface area contributed by atoms with Crippen LogP contribution in [0.2, 0.25) is 0 Å². The van der Waals surface area contributed by atoms with Gasteiger partial charge in [0, 0.05) is 63.6 Å². The summed E-state index contributed by atoms with van der Waals surface area (Å²) in [5.41, 5.74) is 0. The van der Waals surface area contributed by atoms with Crippen LogP contribution in [0.25, 0.3) is 0 Å². The SMILES string of the molecule is CC1[C@H](C)OC(=O)C[C@H](O)C[C@H](O)CC[C@@H](O)[C@H](O)C[C@H](O)C[C@]2(O)C[C@H](O)C(C(=O)NCCCN3CCCC3=O)C(C[C@@H](O[C@@H]3O[C@H](C)[C@@H](O)[C@H](NC[C@@]4(O)OC[C@@H](O)[C@@H](OC5O[C@H](CO)[C@@H](O)[C@H](O)[C@H]5O)[C@@H]4O)[C@@H]3O)/C=C/C=C/C=C/C=C/C=C/C=C/C=C/[C@H](C)[C@H]1O)O2. The molecule has 0 aromatic rings. The second kappa shape index (κ2) is 38.4. The average molecular weight is 1370 g/mol. The highest BCUT2D eigenvalue weighted by molar-refractivity contribution is 5.80. The third-order valence-corrected chi connectivity index (χ3v) is 18.4. The van der Waals surface area contributed by atoms with E-state index < -0.39 is 228 Å². The first-order valence-corrected chi connectivity index (χ1v) is 33.1. The van der Waals surface area contributed by atoms with Gasteiger partial charge in [-0.25, -0.2) is 0 Å². The number of nitrogens with one attached hydrogen (secondary N) is 2. The largest absolute Gasteiger partial charge is 0.462 e. The van der Waals surface area contributed by atoms with Crippen LogP contribution in [-0.4, -0.2) is 301 Å². The molecule has 546 valence electrons. The quantitative estimate of drug-likeness (QED) is 0.0617. The number of fused-ring (bicyclic) bond motifs is 2. The van der Waals surface area contributed by atoms with Gasteiger partial charge in [-0.05, 0) is 46.0 Å². The van der Waals surface area contributed by atoms with Gasteiger partial charge in [0.2, 0.25) is 17.6 Å². The number of nitrogens with zero attached hydrogens (tertiary/aromatic N) is 1. The maximum absolute atomic E-state index is 14.3. The van der Waals surface area contributed by atoms with Gasteiger partial charge in [-0.15, -0.1) is 0 Å². The van der Waals surface area contributed by atoms with Gasteiger partial charge in [-0.3, -0.25) is 14.4 Å².